The van der Waals surface area contributed by atoms with Gasteiger partial charge < -0.3 is 5.73 Å². The lowest BCUT2D eigenvalue weighted by atomic mass is 10.0. The normalized spacial score (nSPS) is 23.1. The van der Waals surface area contributed by atoms with Crippen molar-refractivity contribution in [3.05, 3.63) is 32.7 Å². The van der Waals surface area contributed by atoms with Crippen molar-refractivity contribution >= 4 is 41.7 Å². The van der Waals surface area contributed by atoms with E-state index in [2.05, 4.69) is 36.8 Å². The summed E-state index contributed by atoms with van der Waals surface area (Å²) >= 11 is 6.94. The topological polar surface area (TPSA) is 63.4 Å². The first kappa shape index (κ1) is 16.4. The molecule has 4 nitrogen and oxygen atoms in total. The lowest BCUT2D eigenvalue weighted by Gasteiger charge is -2.32. The molecule has 2 atom stereocenters. The highest BCUT2D eigenvalue weighted by molar-refractivity contribution is 9.13. The molecule has 0 saturated carbocycles. The van der Waals surface area contributed by atoms with E-state index in [0.717, 1.165) is 14.5 Å². The van der Waals surface area contributed by atoms with Crippen molar-refractivity contribution in [1.29, 1.82) is 0 Å². The maximum absolute atomic E-state index is 11.6. The Balaban J connectivity index is 2.21. The SMILES string of the molecule is CN(C1CCS(=O)(=O)C1)C(CN)c1ccc(Br)c(Br)c1. The molecule has 0 spiro atoms. The quantitative estimate of drug-likeness (QED) is 0.803. The highest BCUT2D eigenvalue weighted by atomic mass is 79.9. The predicted molar refractivity (Wildman–Crippen MR) is 88.5 cm³/mol. The molecule has 2 unspecified atom stereocenters. The predicted octanol–water partition coefficient (Wildman–Crippen LogP) is 2.33. The van der Waals surface area contributed by atoms with Crippen LogP contribution in [0.5, 0.6) is 0 Å². The van der Waals surface area contributed by atoms with Crippen LogP contribution in [0.15, 0.2) is 27.1 Å². The molecule has 1 aromatic carbocycles. The molecule has 1 fully saturated rings. The van der Waals surface area contributed by atoms with Crippen LogP contribution in [0, 0.1) is 0 Å². The van der Waals surface area contributed by atoms with E-state index in [1.165, 1.54) is 0 Å². The number of rotatable bonds is 4. The molecule has 112 valence electrons. The van der Waals surface area contributed by atoms with Gasteiger partial charge in [0.1, 0.15) is 0 Å². The summed E-state index contributed by atoms with van der Waals surface area (Å²) in [6.45, 7) is 0.459. The third-order valence-electron chi connectivity index (χ3n) is 3.83. The average Bonchev–Trinajstić information content (AvgIpc) is 2.75. The van der Waals surface area contributed by atoms with Crippen LogP contribution in [0.4, 0.5) is 0 Å². The summed E-state index contributed by atoms with van der Waals surface area (Å²) in [5, 5.41) is 0. The van der Waals surface area contributed by atoms with Gasteiger partial charge in [0, 0.05) is 27.6 Å². The van der Waals surface area contributed by atoms with Crippen LogP contribution in [-0.4, -0.2) is 44.5 Å². The van der Waals surface area contributed by atoms with Crippen molar-refractivity contribution in [1.82, 2.24) is 4.90 Å². The molecular formula is C13H18Br2N2O2S. The number of nitrogens with two attached hydrogens (primary N) is 1. The number of hydrogen-bond donors (Lipinski definition) is 1. The minimum Gasteiger partial charge on any atom is -0.329 e. The zero-order valence-electron chi connectivity index (χ0n) is 11.2. The second-order valence-corrected chi connectivity index (χ2v) is 9.08. The first-order chi connectivity index (χ1) is 9.34. The van der Waals surface area contributed by atoms with Crippen LogP contribution in [-0.2, 0) is 9.84 Å². The van der Waals surface area contributed by atoms with E-state index < -0.39 is 9.84 Å². The van der Waals surface area contributed by atoms with E-state index in [1.54, 1.807) is 0 Å². The summed E-state index contributed by atoms with van der Waals surface area (Å²) in [4.78, 5) is 2.10. The first-order valence-electron chi connectivity index (χ1n) is 6.41. The fourth-order valence-corrected chi connectivity index (χ4v) is 5.04. The van der Waals surface area contributed by atoms with E-state index >= 15 is 0 Å². The summed E-state index contributed by atoms with van der Waals surface area (Å²) < 4.78 is 25.2. The second kappa shape index (κ2) is 6.44. The molecule has 0 aliphatic carbocycles. The van der Waals surface area contributed by atoms with Gasteiger partial charge in [-0.2, -0.15) is 0 Å². The monoisotopic (exact) mass is 424 g/mol. The molecule has 7 heteroatoms. The Kier molecular flexibility index (Phi) is 5.29. The van der Waals surface area contributed by atoms with Gasteiger partial charge in [0.2, 0.25) is 0 Å². The van der Waals surface area contributed by atoms with E-state index in [-0.39, 0.29) is 23.6 Å². The smallest absolute Gasteiger partial charge is 0.151 e. The van der Waals surface area contributed by atoms with Gasteiger partial charge in [0.25, 0.3) is 0 Å². The average molecular weight is 426 g/mol. The minimum atomic E-state index is -2.88. The number of halogens is 2. The van der Waals surface area contributed by atoms with Crippen LogP contribution in [0.1, 0.15) is 18.0 Å². The Labute approximate surface area is 136 Å². The van der Waals surface area contributed by atoms with Crippen molar-refractivity contribution in [3.63, 3.8) is 0 Å². The van der Waals surface area contributed by atoms with Gasteiger partial charge in [-0.3, -0.25) is 4.90 Å². The van der Waals surface area contributed by atoms with Crippen LogP contribution in [0.25, 0.3) is 0 Å². The fourth-order valence-electron chi connectivity index (χ4n) is 2.61. The molecule has 1 heterocycles. The number of likely N-dealkylation sites (N-methyl/N-ethyl adjacent to an activating group) is 1. The lowest BCUT2D eigenvalue weighted by molar-refractivity contribution is 0.192. The Hall–Kier alpha value is 0.0500. The Morgan fingerprint density at radius 1 is 1.40 bits per heavy atom. The molecule has 1 aliphatic rings. The van der Waals surface area contributed by atoms with Crippen LogP contribution < -0.4 is 5.73 Å². The highest BCUT2D eigenvalue weighted by Gasteiger charge is 2.33. The van der Waals surface area contributed by atoms with Gasteiger partial charge in [-0.25, -0.2) is 8.42 Å². The third-order valence-corrected chi connectivity index (χ3v) is 7.46. The van der Waals surface area contributed by atoms with Gasteiger partial charge in [-0.05, 0) is 63.0 Å². The summed E-state index contributed by atoms with van der Waals surface area (Å²) in [5.74, 6) is 0.515. The van der Waals surface area contributed by atoms with Crippen molar-refractivity contribution in [2.24, 2.45) is 5.73 Å². The molecule has 0 amide bonds. The van der Waals surface area contributed by atoms with Crippen LogP contribution >= 0.6 is 31.9 Å². The standard InChI is InChI=1S/C13H18Br2N2O2S/c1-17(10-4-5-20(18,19)8-10)13(7-16)9-2-3-11(14)12(15)6-9/h2-3,6,10,13H,4-5,7-8,16H2,1H3. The summed E-state index contributed by atoms with van der Waals surface area (Å²) in [5.41, 5.74) is 7.00. The summed E-state index contributed by atoms with van der Waals surface area (Å²) in [6, 6.07) is 6.10. The van der Waals surface area contributed by atoms with Gasteiger partial charge in [-0.15, -0.1) is 0 Å². The first-order valence-corrected chi connectivity index (χ1v) is 9.82. The van der Waals surface area contributed by atoms with Gasteiger partial charge in [0.05, 0.1) is 11.5 Å². The van der Waals surface area contributed by atoms with Gasteiger partial charge in [0.15, 0.2) is 9.84 Å². The highest BCUT2D eigenvalue weighted by Crippen LogP contribution is 2.30. The number of sulfone groups is 1. The van der Waals surface area contributed by atoms with Crippen molar-refractivity contribution in [2.45, 2.75) is 18.5 Å². The van der Waals surface area contributed by atoms with E-state index in [9.17, 15) is 8.42 Å². The number of nitrogens with zero attached hydrogens (tertiary/aromatic N) is 1. The number of benzene rings is 1. The molecule has 1 saturated heterocycles. The lowest BCUT2D eigenvalue weighted by Crippen LogP contribution is -2.39. The van der Waals surface area contributed by atoms with Crippen molar-refractivity contribution < 1.29 is 8.42 Å². The van der Waals surface area contributed by atoms with E-state index in [0.29, 0.717) is 13.0 Å². The molecule has 0 radical (unpaired) electrons. The largest absolute Gasteiger partial charge is 0.329 e. The van der Waals surface area contributed by atoms with E-state index in [1.807, 2.05) is 25.2 Å². The summed E-state index contributed by atoms with van der Waals surface area (Å²) in [6.07, 6.45) is 0.688. The molecule has 2 rings (SSSR count). The van der Waals surface area contributed by atoms with Crippen molar-refractivity contribution in [3.8, 4) is 0 Å². The van der Waals surface area contributed by atoms with Gasteiger partial charge in [-0.1, -0.05) is 6.07 Å². The summed E-state index contributed by atoms with van der Waals surface area (Å²) in [7, 11) is -0.921. The maximum atomic E-state index is 11.6. The van der Waals surface area contributed by atoms with Crippen LogP contribution in [0.2, 0.25) is 0 Å². The second-order valence-electron chi connectivity index (χ2n) is 5.15. The Morgan fingerprint density at radius 3 is 2.60 bits per heavy atom. The third kappa shape index (κ3) is 3.62. The molecule has 20 heavy (non-hydrogen) atoms. The number of hydrogen-bond acceptors (Lipinski definition) is 4. The fraction of sp³-hybridized carbons (Fsp3) is 0.538. The molecule has 0 bridgehead atoms. The maximum Gasteiger partial charge on any atom is 0.151 e. The zero-order chi connectivity index (χ0) is 14.9. The van der Waals surface area contributed by atoms with Crippen LogP contribution in [0.3, 0.4) is 0 Å². The molecule has 2 N–H and O–H groups in total. The molecule has 0 aromatic heterocycles. The molecular weight excluding hydrogens is 408 g/mol. The van der Waals surface area contributed by atoms with Crippen molar-refractivity contribution in [2.75, 3.05) is 25.1 Å². The Bertz CT molecular complexity index is 592. The molecule has 1 aliphatic heterocycles. The zero-order valence-corrected chi connectivity index (χ0v) is 15.2. The van der Waals surface area contributed by atoms with E-state index in [4.69, 9.17) is 5.73 Å². The molecule has 1 aromatic rings. The van der Waals surface area contributed by atoms with Gasteiger partial charge >= 0.3 is 0 Å². The minimum absolute atomic E-state index is 0.0256. The Morgan fingerprint density at radius 2 is 2.10 bits per heavy atom.